The summed E-state index contributed by atoms with van der Waals surface area (Å²) < 4.78 is 5.36. The predicted octanol–water partition coefficient (Wildman–Crippen LogP) is 0.595. The normalized spacial score (nSPS) is 19.1. The van der Waals surface area contributed by atoms with Crippen LogP contribution in [0.5, 0.6) is 0 Å². The number of hydrogen-bond donors (Lipinski definition) is 1. The van der Waals surface area contributed by atoms with Crippen molar-refractivity contribution in [1.29, 1.82) is 0 Å². The van der Waals surface area contributed by atoms with E-state index in [1.807, 2.05) is 12.1 Å². The summed E-state index contributed by atoms with van der Waals surface area (Å²) in [7, 11) is 0. The molecule has 2 heterocycles. The smallest absolute Gasteiger partial charge is 0.227 e. The van der Waals surface area contributed by atoms with E-state index in [1.165, 1.54) is 0 Å². The first-order chi connectivity index (χ1) is 9.79. The SMILES string of the molecule is O=C1CCc2c[c]c(N3CCOCC3)cc2N1CCO. The zero-order chi connectivity index (χ0) is 13.9. The van der Waals surface area contributed by atoms with Crippen molar-refractivity contribution in [2.75, 3.05) is 49.3 Å². The van der Waals surface area contributed by atoms with E-state index in [0.717, 1.165) is 49.7 Å². The molecule has 1 radical (unpaired) electrons. The van der Waals surface area contributed by atoms with Crippen LogP contribution in [0.4, 0.5) is 11.4 Å². The highest BCUT2D eigenvalue weighted by Crippen LogP contribution is 2.31. The van der Waals surface area contributed by atoms with Gasteiger partial charge in [-0.3, -0.25) is 4.79 Å². The Balaban J connectivity index is 1.90. The summed E-state index contributed by atoms with van der Waals surface area (Å²) in [5.41, 5.74) is 3.07. The number of β-amino-alcohol motifs (C(OH)–C–C–N with tert-alkyl or cyclic N) is 1. The Kier molecular flexibility index (Phi) is 3.89. The maximum atomic E-state index is 12.0. The lowest BCUT2D eigenvalue weighted by Crippen LogP contribution is -2.38. The minimum absolute atomic E-state index is 0.0172. The molecule has 0 spiro atoms. The highest BCUT2D eigenvalue weighted by molar-refractivity contribution is 5.97. The second kappa shape index (κ2) is 5.81. The molecule has 20 heavy (non-hydrogen) atoms. The van der Waals surface area contributed by atoms with Gasteiger partial charge < -0.3 is 19.6 Å². The van der Waals surface area contributed by atoms with Gasteiger partial charge in [0.1, 0.15) is 0 Å². The van der Waals surface area contributed by atoms with E-state index >= 15 is 0 Å². The van der Waals surface area contributed by atoms with Gasteiger partial charge in [0, 0.05) is 43.5 Å². The maximum Gasteiger partial charge on any atom is 0.227 e. The van der Waals surface area contributed by atoms with E-state index in [9.17, 15) is 4.79 Å². The van der Waals surface area contributed by atoms with Crippen LogP contribution < -0.4 is 9.80 Å². The average Bonchev–Trinajstić information content (AvgIpc) is 2.51. The molecule has 5 nitrogen and oxygen atoms in total. The number of hydrogen-bond acceptors (Lipinski definition) is 4. The molecule has 0 saturated carbocycles. The van der Waals surface area contributed by atoms with Crippen LogP contribution in [-0.4, -0.2) is 50.5 Å². The lowest BCUT2D eigenvalue weighted by molar-refractivity contribution is -0.119. The van der Waals surface area contributed by atoms with Crippen LogP contribution in [0, 0.1) is 6.07 Å². The number of aliphatic hydroxyl groups excluding tert-OH is 1. The van der Waals surface area contributed by atoms with Gasteiger partial charge in [-0.15, -0.1) is 0 Å². The van der Waals surface area contributed by atoms with Crippen LogP contribution in [0.2, 0.25) is 0 Å². The first kappa shape index (κ1) is 13.4. The van der Waals surface area contributed by atoms with Crippen molar-refractivity contribution >= 4 is 17.3 Å². The second-order valence-electron chi connectivity index (χ2n) is 5.10. The topological polar surface area (TPSA) is 53.0 Å². The number of anilines is 2. The van der Waals surface area contributed by atoms with Gasteiger partial charge in [-0.25, -0.2) is 0 Å². The molecular weight excluding hydrogens is 256 g/mol. The van der Waals surface area contributed by atoms with Crippen LogP contribution in [0.3, 0.4) is 0 Å². The number of aliphatic hydroxyl groups is 1. The molecule has 2 aliphatic heterocycles. The molecule has 1 saturated heterocycles. The van der Waals surface area contributed by atoms with E-state index in [0.29, 0.717) is 13.0 Å². The highest BCUT2D eigenvalue weighted by Gasteiger charge is 2.25. The largest absolute Gasteiger partial charge is 0.395 e. The monoisotopic (exact) mass is 275 g/mol. The molecule has 1 fully saturated rings. The molecule has 5 heteroatoms. The minimum Gasteiger partial charge on any atom is -0.395 e. The van der Waals surface area contributed by atoms with E-state index < -0.39 is 0 Å². The van der Waals surface area contributed by atoms with Crippen molar-refractivity contribution in [3.05, 3.63) is 23.8 Å². The zero-order valence-corrected chi connectivity index (χ0v) is 11.5. The summed E-state index contributed by atoms with van der Waals surface area (Å²) in [6.07, 6.45) is 1.27. The van der Waals surface area contributed by atoms with Gasteiger partial charge in [0.2, 0.25) is 5.91 Å². The Morgan fingerprint density at radius 1 is 1.30 bits per heavy atom. The fourth-order valence-corrected chi connectivity index (χ4v) is 2.79. The molecule has 2 aliphatic rings. The van der Waals surface area contributed by atoms with Gasteiger partial charge in [-0.2, -0.15) is 0 Å². The summed E-state index contributed by atoms with van der Waals surface area (Å²) in [5.74, 6) is 0.0886. The summed E-state index contributed by atoms with van der Waals surface area (Å²) >= 11 is 0. The minimum atomic E-state index is -0.0172. The molecule has 1 aromatic rings. The fraction of sp³-hybridized carbons (Fsp3) is 0.533. The summed E-state index contributed by atoms with van der Waals surface area (Å²) in [6.45, 7) is 3.50. The van der Waals surface area contributed by atoms with Crippen LogP contribution in [-0.2, 0) is 16.0 Å². The quantitative estimate of drug-likeness (QED) is 0.877. The first-order valence-electron chi connectivity index (χ1n) is 7.08. The van der Waals surface area contributed by atoms with Crippen LogP contribution in [0.25, 0.3) is 0 Å². The summed E-state index contributed by atoms with van der Waals surface area (Å²) in [6, 6.07) is 7.32. The van der Waals surface area contributed by atoms with Crippen molar-refractivity contribution in [2.45, 2.75) is 12.8 Å². The van der Waals surface area contributed by atoms with Crippen LogP contribution in [0.1, 0.15) is 12.0 Å². The molecule has 107 valence electrons. The number of ether oxygens (including phenoxy) is 1. The molecule has 1 aromatic carbocycles. The van der Waals surface area contributed by atoms with Gasteiger partial charge in [0.05, 0.1) is 19.8 Å². The molecule has 1 N–H and O–H groups in total. The molecule has 0 bridgehead atoms. The van der Waals surface area contributed by atoms with Crippen LogP contribution in [0.15, 0.2) is 12.1 Å². The fourth-order valence-electron chi connectivity index (χ4n) is 2.79. The second-order valence-corrected chi connectivity index (χ2v) is 5.10. The van der Waals surface area contributed by atoms with E-state index in [2.05, 4.69) is 11.0 Å². The number of amides is 1. The predicted molar refractivity (Wildman–Crippen MR) is 76.1 cm³/mol. The molecule has 3 rings (SSSR count). The number of rotatable bonds is 3. The van der Waals surface area contributed by atoms with Gasteiger partial charge in [-0.05, 0) is 24.1 Å². The Morgan fingerprint density at radius 2 is 2.10 bits per heavy atom. The Morgan fingerprint density at radius 3 is 2.85 bits per heavy atom. The van der Waals surface area contributed by atoms with E-state index in [-0.39, 0.29) is 12.5 Å². The van der Waals surface area contributed by atoms with Gasteiger partial charge in [0.15, 0.2) is 0 Å². The van der Waals surface area contributed by atoms with E-state index in [4.69, 9.17) is 9.84 Å². The lowest BCUT2D eigenvalue weighted by Gasteiger charge is -2.33. The third-order valence-corrected chi connectivity index (χ3v) is 3.87. The molecule has 0 unspecified atom stereocenters. The first-order valence-corrected chi connectivity index (χ1v) is 7.08. The number of benzene rings is 1. The van der Waals surface area contributed by atoms with Crippen molar-refractivity contribution in [3.63, 3.8) is 0 Å². The Bertz CT molecular complexity index is 498. The van der Waals surface area contributed by atoms with Gasteiger partial charge in [0.25, 0.3) is 0 Å². The zero-order valence-electron chi connectivity index (χ0n) is 11.5. The highest BCUT2D eigenvalue weighted by atomic mass is 16.5. The molecule has 1 amide bonds. The molecule has 0 aliphatic carbocycles. The number of aryl methyl sites for hydroxylation is 1. The molecular formula is C15H19N2O3. The Labute approximate surface area is 118 Å². The van der Waals surface area contributed by atoms with Crippen LogP contribution >= 0.6 is 0 Å². The lowest BCUT2D eigenvalue weighted by atomic mass is 10.00. The summed E-state index contributed by atoms with van der Waals surface area (Å²) in [4.78, 5) is 15.9. The standard InChI is InChI=1S/C15H19N2O3/c18-8-5-17-14-11-13(16-6-9-20-10-7-16)3-1-12(14)2-4-15(17)19/h1,11,18H,2,4-10H2. The number of carbonyl (C=O) groups excluding carboxylic acids is 1. The van der Waals surface area contributed by atoms with Gasteiger partial charge in [-0.1, -0.05) is 0 Å². The van der Waals surface area contributed by atoms with Gasteiger partial charge >= 0.3 is 0 Å². The third-order valence-electron chi connectivity index (χ3n) is 3.87. The Hall–Kier alpha value is -1.59. The number of carbonyl (C=O) groups is 1. The number of morpholine rings is 1. The third kappa shape index (κ3) is 2.51. The van der Waals surface area contributed by atoms with E-state index in [1.54, 1.807) is 4.90 Å². The maximum absolute atomic E-state index is 12.0. The molecule has 0 atom stereocenters. The van der Waals surface area contributed by atoms with Crippen molar-refractivity contribution < 1.29 is 14.6 Å². The number of fused-ring (bicyclic) bond motifs is 1. The van der Waals surface area contributed by atoms with Crippen molar-refractivity contribution in [3.8, 4) is 0 Å². The summed E-state index contributed by atoms with van der Waals surface area (Å²) in [5, 5.41) is 9.15. The average molecular weight is 275 g/mol. The van der Waals surface area contributed by atoms with Crippen molar-refractivity contribution in [1.82, 2.24) is 0 Å². The van der Waals surface area contributed by atoms with Crippen molar-refractivity contribution in [2.24, 2.45) is 0 Å². The molecule has 0 aromatic heterocycles. The number of nitrogens with zero attached hydrogens (tertiary/aromatic N) is 2.